The third kappa shape index (κ3) is 5.39. The average Bonchev–Trinajstić information content (AvgIpc) is 3.79. The summed E-state index contributed by atoms with van der Waals surface area (Å²) in [5.41, 5.74) is 12.8. The van der Waals surface area contributed by atoms with Gasteiger partial charge in [0.05, 0.1) is 17.1 Å². The van der Waals surface area contributed by atoms with Gasteiger partial charge in [-0.05, 0) is 76.9 Å². The van der Waals surface area contributed by atoms with Gasteiger partial charge >= 0.3 is 0 Å². The number of amidine groups is 2. The van der Waals surface area contributed by atoms with E-state index in [2.05, 4.69) is 191 Å². The highest BCUT2D eigenvalue weighted by Gasteiger charge is 2.38. The molecule has 3 heterocycles. The maximum Gasteiger partial charge on any atom is 0.159 e. The fourth-order valence-electron chi connectivity index (χ4n) is 8.75. The van der Waals surface area contributed by atoms with Gasteiger partial charge in [0.25, 0.3) is 0 Å². The minimum absolute atomic E-state index is 0.159. The quantitative estimate of drug-likeness (QED) is 0.186. The molecule has 1 aliphatic carbocycles. The lowest BCUT2D eigenvalue weighted by Gasteiger charge is -2.29. The summed E-state index contributed by atoms with van der Waals surface area (Å²) in [6.07, 6.45) is 8.81. The lowest BCUT2D eigenvalue weighted by atomic mass is 9.89. The molecule has 11 rings (SSSR count). The van der Waals surface area contributed by atoms with Crippen molar-refractivity contribution in [1.82, 2.24) is 9.88 Å². The highest BCUT2D eigenvalue weighted by atomic mass is 15.2. The Labute approximate surface area is 325 Å². The summed E-state index contributed by atoms with van der Waals surface area (Å²) < 4.78 is 2.37. The largest absolute Gasteiger partial charge is 0.344 e. The predicted molar refractivity (Wildman–Crippen MR) is 231 cm³/mol. The van der Waals surface area contributed by atoms with Crippen molar-refractivity contribution in [2.24, 2.45) is 9.98 Å². The number of hydrogen-bond acceptors (Lipinski definition) is 4. The van der Waals surface area contributed by atoms with Crippen molar-refractivity contribution in [2.45, 2.75) is 18.1 Å². The van der Waals surface area contributed by atoms with Gasteiger partial charge in [-0.15, -0.1) is 0 Å². The van der Waals surface area contributed by atoms with Gasteiger partial charge in [-0.2, -0.15) is 0 Å². The summed E-state index contributed by atoms with van der Waals surface area (Å²) in [6, 6.07) is 62.9. The Morgan fingerprint density at radius 2 is 1.18 bits per heavy atom. The van der Waals surface area contributed by atoms with E-state index in [1.807, 2.05) is 24.3 Å². The Morgan fingerprint density at radius 3 is 2.04 bits per heavy atom. The summed E-state index contributed by atoms with van der Waals surface area (Å²) in [5.74, 6) is 1.76. The molecule has 5 heteroatoms. The molecule has 0 spiro atoms. The Kier molecular flexibility index (Phi) is 7.62. The molecule has 3 unspecified atom stereocenters. The molecule has 3 aliphatic rings. The van der Waals surface area contributed by atoms with Crippen molar-refractivity contribution in [3.05, 3.63) is 222 Å². The van der Waals surface area contributed by atoms with Gasteiger partial charge in [0.1, 0.15) is 12.0 Å². The maximum absolute atomic E-state index is 5.11. The van der Waals surface area contributed by atoms with Crippen LogP contribution in [0.25, 0.3) is 38.6 Å². The fraction of sp³-hybridized carbons (Fsp3) is 0.0588. The van der Waals surface area contributed by atoms with Crippen molar-refractivity contribution < 1.29 is 0 Å². The van der Waals surface area contributed by atoms with E-state index < -0.39 is 0 Å². The van der Waals surface area contributed by atoms with Gasteiger partial charge in [-0.1, -0.05) is 146 Å². The van der Waals surface area contributed by atoms with E-state index in [1.54, 1.807) is 0 Å². The number of anilines is 2. The third-order valence-corrected chi connectivity index (χ3v) is 11.4. The summed E-state index contributed by atoms with van der Waals surface area (Å²) in [5, 5.41) is 6.17. The molecular weight excluding hydrogens is 683 g/mol. The van der Waals surface area contributed by atoms with Crippen LogP contribution in [0, 0.1) is 0 Å². The van der Waals surface area contributed by atoms with Crippen LogP contribution in [0.5, 0.6) is 0 Å². The Bertz CT molecular complexity index is 2900. The van der Waals surface area contributed by atoms with Gasteiger partial charge in [0.15, 0.2) is 5.84 Å². The third-order valence-electron chi connectivity index (χ3n) is 11.4. The van der Waals surface area contributed by atoms with Crippen molar-refractivity contribution >= 4 is 44.9 Å². The van der Waals surface area contributed by atoms with E-state index in [0.717, 1.165) is 34.0 Å². The van der Waals surface area contributed by atoms with E-state index in [4.69, 9.17) is 9.98 Å². The first-order valence-electron chi connectivity index (χ1n) is 19.3. The molecule has 2 aliphatic heterocycles. The van der Waals surface area contributed by atoms with Crippen LogP contribution >= 0.6 is 0 Å². The van der Waals surface area contributed by atoms with Crippen molar-refractivity contribution in [2.75, 3.05) is 4.90 Å². The molecule has 266 valence electrons. The first-order valence-corrected chi connectivity index (χ1v) is 19.3. The molecule has 0 fully saturated rings. The molecule has 8 aromatic rings. The average molecular weight is 720 g/mol. The second kappa shape index (κ2) is 13.3. The first-order chi connectivity index (χ1) is 27.8. The number of aliphatic imine (C=N–C) groups is 2. The summed E-state index contributed by atoms with van der Waals surface area (Å²) >= 11 is 0. The van der Waals surface area contributed by atoms with Crippen LogP contribution < -0.4 is 10.2 Å². The molecule has 0 bridgehead atoms. The van der Waals surface area contributed by atoms with Crippen LogP contribution in [0.2, 0.25) is 0 Å². The van der Waals surface area contributed by atoms with Crippen molar-refractivity contribution in [3.8, 4) is 16.8 Å². The van der Waals surface area contributed by atoms with Crippen LogP contribution in [0.3, 0.4) is 0 Å². The van der Waals surface area contributed by atoms with Crippen LogP contribution in [0.1, 0.15) is 34.3 Å². The topological polar surface area (TPSA) is 44.9 Å². The normalized spacial score (nSPS) is 18.4. The predicted octanol–water partition coefficient (Wildman–Crippen LogP) is 11.7. The number of benzene rings is 7. The van der Waals surface area contributed by atoms with E-state index in [-0.39, 0.29) is 18.1 Å². The second-order valence-corrected chi connectivity index (χ2v) is 14.6. The Hall–Kier alpha value is -7.24. The Morgan fingerprint density at radius 1 is 0.500 bits per heavy atom. The molecule has 56 heavy (non-hydrogen) atoms. The number of para-hydroxylation sites is 2. The monoisotopic (exact) mass is 719 g/mol. The molecule has 5 nitrogen and oxygen atoms in total. The molecule has 0 amide bonds. The zero-order chi connectivity index (χ0) is 37.0. The van der Waals surface area contributed by atoms with Crippen LogP contribution in [0.15, 0.2) is 210 Å². The van der Waals surface area contributed by atoms with Gasteiger partial charge in [0, 0.05) is 44.9 Å². The standard InChI is InChI=1S/C51H37N5/c1-4-15-34(16-5-1)49-52-50(35-17-6-2-7-18-35)54-51(53-49)38-19-14-22-40(31-38)56-46-26-13-11-24-42(46)44-33-37(28-30-48(44)56)36-27-29-47-43(32-36)41-23-10-12-25-45(41)55(47)39-20-8-3-9-21-39/h1-33,42,46,49H,(H,52,53,54). The molecule has 3 atom stereocenters. The highest BCUT2D eigenvalue weighted by Crippen LogP contribution is 2.49. The summed E-state index contributed by atoms with van der Waals surface area (Å²) in [4.78, 5) is 12.7. The molecular formula is C51H37N5. The van der Waals surface area contributed by atoms with E-state index >= 15 is 0 Å². The van der Waals surface area contributed by atoms with Gasteiger partial charge < -0.3 is 14.8 Å². The van der Waals surface area contributed by atoms with Crippen molar-refractivity contribution in [3.63, 3.8) is 0 Å². The van der Waals surface area contributed by atoms with E-state index in [1.165, 1.54) is 49.9 Å². The number of rotatable bonds is 6. The zero-order valence-electron chi connectivity index (χ0n) is 30.6. The molecule has 0 saturated heterocycles. The van der Waals surface area contributed by atoms with E-state index in [9.17, 15) is 0 Å². The number of nitrogens with zero attached hydrogens (tertiary/aromatic N) is 4. The number of aromatic nitrogens is 1. The minimum atomic E-state index is -0.251. The number of hydrogen-bond donors (Lipinski definition) is 1. The SMILES string of the molecule is C1=CC2c3cc(-c4ccc5c(c4)c4ccccc4n5-c4ccccc4)ccc3N(c3cccc(C4=NC(c5ccccc5)=NC(c5ccccc5)N4)c3)C2C=C1. The zero-order valence-corrected chi connectivity index (χ0v) is 30.6. The lowest BCUT2D eigenvalue weighted by molar-refractivity contribution is 0.674. The minimum Gasteiger partial charge on any atom is -0.344 e. The maximum atomic E-state index is 5.11. The molecule has 7 aromatic carbocycles. The molecule has 0 radical (unpaired) electrons. The smallest absolute Gasteiger partial charge is 0.159 e. The molecule has 0 saturated carbocycles. The first kappa shape index (κ1) is 32.2. The van der Waals surface area contributed by atoms with Gasteiger partial charge in [-0.3, -0.25) is 0 Å². The van der Waals surface area contributed by atoms with Gasteiger partial charge in [-0.25, -0.2) is 9.98 Å². The van der Waals surface area contributed by atoms with Crippen LogP contribution in [-0.2, 0) is 0 Å². The van der Waals surface area contributed by atoms with Crippen molar-refractivity contribution in [1.29, 1.82) is 0 Å². The van der Waals surface area contributed by atoms with Crippen LogP contribution in [0.4, 0.5) is 11.4 Å². The summed E-state index contributed by atoms with van der Waals surface area (Å²) in [6.45, 7) is 0. The lowest BCUT2D eigenvalue weighted by Crippen LogP contribution is -2.34. The fourth-order valence-corrected chi connectivity index (χ4v) is 8.75. The number of fused-ring (bicyclic) bond motifs is 6. The molecule has 1 N–H and O–H groups in total. The van der Waals surface area contributed by atoms with Crippen LogP contribution in [-0.4, -0.2) is 22.3 Å². The number of nitrogens with one attached hydrogen (secondary N) is 1. The highest BCUT2D eigenvalue weighted by molar-refractivity contribution is 6.13. The summed E-state index contributed by atoms with van der Waals surface area (Å²) in [7, 11) is 0. The molecule has 1 aromatic heterocycles. The Balaban J connectivity index is 0.980. The number of allylic oxidation sites excluding steroid dienone is 2. The second-order valence-electron chi connectivity index (χ2n) is 14.6. The van der Waals surface area contributed by atoms with E-state index in [0.29, 0.717) is 0 Å². The van der Waals surface area contributed by atoms with Gasteiger partial charge in [0.2, 0.25) is 0 Å².